The lowest BCUT2D eigenvalue weighted by atomic mass is 10.1. The van der Waals surface area contributed by atoms with Crippen molar-refractivity contribution in [3.8, 4) is 0 Å². The van der Waals surface area contributed by atoms with Crippen LogP contribution in [-0.4, -0.2) is 6.54 Å². The molecule has 1 aromatic rings. The predicted molar refractivity (Wildman–Crippen MR) is 88.4 cm³/mol. The predicted octanol–water partition coefficient (Wildman–Crippen LogP) is 6.03. The van der Waals surface area contributed by atoms with E-state index < -0.39 is 0 Å². The summed E-state index contributed by atoms with van der Waals surface area (Å²) in [5, 5.41) is 3.42. The molecule has 0 aliphatic heterocycles. The normalized spacial score (nSPS) is 11.1. The van der Waals surface area contributed by atoms with Crippen LogP contribution in [0.25, 0.3) is 0 Å². The van der Waals surface area contributed by atoms with E-state index in [1.54, 1.807) is 0 Å². The summed E-state index contributed by atoms with van der Waals surface area (Å²) in [4.78, 5) is 0. The molecule has 2 nitrogen and oxygen atoms in total. The van der Waals surface area contributed by atoms with Crippen LogP contribution in [0.5, 0.6) is 0 Å². The maximum absolute atomic E-state index is 5.50. The van der Waals surface area contributed by atoms with Gasteiger partial charge in [0.2, 0.25) is 0 Å². The van der Waals surface area contributed by atoms with E-state index in [1.807, 2.05) is 6.07 Å². The number of furan rings is 1. The Kier molecular flexibility index (Phi) is 9.92. The number of nitrogens with one attached hydrogen (secondary N) is 1. The molecule has 1 rings (SSSR count). The summed E-state index contributed by atoms with van der Waals surface area (Å²) < 4.78 is 7.26. The van der Waals surface area contributed by atoms with E-state index in [4.69, 9.17) is 4.42 Å². The van der Waals surface area contributed by atoms with Gasteiger partial charge in [-0.15, -0.1) is 0 Å². The first-order valence-electron chi connectivity index (χ1n) is 7.38. The lowest BCUT2D eigenvalue weighted by molar-refractivity contribution is 0.459. The van der Waals surface area contributed by atoms with Gasteiger partial charge < -0.3 is 9.73 Å². The van der Waals surface area contributed by atoms with Gasteiger partial charge in [-0.1, -0.05) is 51.9 Å². The molecular weight excluding hydrogens is 370 g/mol. The van der Waals surface area contributed by atoms with Crippen molar-refractivity contribution in [1.29, 1.82) is 0 Å². The summed E-state index contributed by atoms with van der Waals surface area (Å²) in [5.74, 6) is 0.971. The van der Waals surface area contributed by atoms with Crippen LogP contribution in [0.3, 0.4) is 0 Å². The molecule has 4 heteroatoms. The zero-order valence-corrected chi connectivity index (χ0v) is 15.0. The molecule has 0 fully saturated rings. The molecule has 0 aliphatic rings. The van der Waals surface area contributed by atoms with Crippen molar-refractivity contribution < 1.29 is 4.42 Å². The van der Waals surface area contributed by atoms with Crippen molar-refractivity contribution in [3.05, 3.63) is 21.0 Å². The van der Waals surface area contributed by atoms with E-state index in [-0.39, 0.29) is 0 Å². The molecule has 1 aromatic heterocycles. The zero-order chi connectivity index (χ0) is 13.9. The van der Waals surface area contributed by atoms with Gasteiger partial charge in [0.1, 0.15) is 5.76 Å². The number of unbranched alkanes of at least 4 members (excludes halogenated alkanes) is 7. The second-order valence-electron chi connectivity index (χ2n) is 4.99. The van der Waals surface area contributed by atoms with Gasteiger partial charge in [-0.3, -0.25) is 0 Å². The smallest absolute Gasteiger partial charge is 0.183 e. The van der Waals surface area contributed by atoms with Crippen molar-refractivity contribution >= 4 is 31.9 Å². The Labute approximate surface area is 134 Å². The maximum atomic E-state index is 5.50. The minimum absolute atomic E-state index is 0.774. The Morgan fingerprint density at radius 3 is 2.21 bits per heavy atom. The van der Waals surface area contributed by atoms with Crippen molar-refractivity contribution in [2.24, 2.45) is 0 Å². The second kappa shape index (κ2) is 10.9. The van der Waals surface area contributed by atoms with Gasteiger partial charge in [0, 0.05) is 0 Å². The fourth-order valence-electron chi connectivity index (χ4n) is 2.07. The van der Waals surface area contributed by atoms with E-state index in [1.165, 1.54) is 51.4 Å². The average molecular weight is 395 g/mol. The number of rotatable bonds is 11. The standard InChI is InChI=1S/C15H25Br2NO/c1-2-3-4-5-6-7-8-9-10-18-12-13-11-14(16)15(17)19-13/h11,18H,2-10,12H2,1H3. The lowest BCUT2D eigenvalue weighted by Crippen LogP contribution is -2.14. The quantitative estimate of drug-likeness (QED) is 0.463. The highest BCUT2D eigenvalue weighted by Crippen LogP contribution is 2.26. The second-order valence-corrected chi connectivity index (χ2v) is 6.56. The van der Waals surface area contributed by atoms with Crippen LogP contribution in [0.4, 0.5) is 0 Å². The number of hydrogen-bond donors (Lipinski definition) is 1. The Bertz CT molecular complexity index is 319. The van der Waals surface area contributed by atoms with Gasteiger partial charge in [0.15, 0.2) is 4.67 Å². The minimum Gasteiger partial charge on any atom is -0.452 e. The summed E-state index contributed by atoms with van der Waals surface area (Å²) in [6.07, 6.45) is 10.9. The Hall–Kier alpha value is 0.200. The largest absolute Gasteiger partial charge is 0.452 e. The van der Waals surface area contributed by atoms with E-state index in [2.05, 4.69) is 44.1 Å². The SMILES string of the molecule is CCCCCCCCCCNCc1cc(Br)c(Br)o1. The molecule has 0 saturated carbocycles. The van der Waals surface area contributed by atoms with E-state index in [0.717, 1.165) is 28.0 Å². The molecule has 110 valence electrons. The van der Waals surface area contributed by atoms with Crippen LogP contribution in [0, 0.1) is 0 Å². The van der Waals surface area contributed by atoms with Crippen LogP contribution in [-0.2, 0) is 6.54 Å². The number of halogens is 2. The highest BCUT2D eigenvalue weighted by Gasteiger charge is 2.04. The molecule has 0 unspecified atom stereocenters. The van der Waals surface area contributed by atoms with Gasteiger partial charge in [-0.25, -0.2) is 0 Å². The van der Waals surface area contributed by atoms with Crippen LogP contribution in [0.2, 0.25) is 0 Å². The van der Waals surface area contributed by atoms with E-state index in [0.29, 0.717) is 0 Å². The van der Waals surface area contributed by atoms with Crippen LogP contribution in [0.1, 0.15) is 64.1 Å². The van der Waals surface area contributed by atoms with E-state index in [9.17, 15) is 0 Å². The third kappa shape index (κ3) is 8.16. The average Bonchev–Trinajstić information content (AvgIpc) is 2.71. The monoisotopic (exact) mass is 393 g/mol. The molecule has 0 radical (unpaired) electrons. The van der Waals surface area contributed by atoms with Gasteiger partial charge >= 0.3 is 0 Å². The van der Waals surface area contributed by atoms with Crippen LogP contribution >= 0.6 is 31.9 Å². The first kappa shape index (κ1) is 17.3. The number of hydrogen-bond acceptors (Lipinski definition) is 2. The van der Waals surface area contributed by atoms with Crippen molar-refractivity contribution in [2.75, 3.05) is 6.54 Å². The molecule has 0 bridgehead atoms. The van der Waals surface area contributed by atoms with Gasteiger partial charge in [0.05, 0.1) is 11.0 Å². The molecule has 1 heterocycles. The molecule has 0 atom stereocenters. The van der Waals surface area contributed by atoms with Gasteiger partial charge in [-0.05, 0) is 50.9 Å². The van der Waals surface area contributed by atoms with Crippen LogP contribution in [0.15, 0.2) is 19.6 Å². The molecule has 0 aliphatic carbocycles. The van der Waals surface area contributed by atoms with Gasteiger partial charge in [0.25, 0.3) is 0 Å². The Morgan fingerprint density at radius 2 is 1.63 bits per heavy atom. The third-order valence-electron chi connectivity index (χ3n) is 3.20. The molecule has 0 aromatic carbocycles. The maximum Gasteiger partial charge on any atom is 0.183 e. The molecule has 0 spiro atoms. The molecule has 0 amide bonds. The van der Waals surface area contributed by atoms with Crippen molar-refractivity contribution in [2.45, 2.75) is 64.8 Å². The third-order valence-corrected chi connectivity index (χ3v) is 4.91. The topological polar surface area (TPSA) is 25.2 Å². The minimum atomic E-state index is 0.774. The summed E-state index contributed by atoms with van der Waals surface area (Å²) in [5.41, 5.74) is 0. The highest BCUT2D eigenvalue weighted by atomic mass is 79.9. The molecule has 0 saturated heterocycles. The first-order chi connectivity index (χ1) is 9.24. The fourth-order valence-corrected chi connectivity index (χ4v) is 2.73. The Balaban J connectivity index is 1.88. The first-order valence-corrected chi connectivity index (χ1v) is 8.97. The summed E-state index contributed by atoms with van der Waals surface area (Å²) in [6.45, 7) is 4.15. The van der Waals surface area contributed by atoms with E-state index >= 15 is 0 Å². The lowest BCUT2D eigenvalue weighted by Gasteiger charge is -2.03. The zero-order valence-electron chi connectivity index (χ0n) is 11.8. The summed E-state index contributed by atoms with van der Waals surface area (Å²) in [6, 6.07) is 2.00. The fraction of sp³-hybridized carbons (Fsp3) is 0.733. The molecule has 1 N–H and O–H groups in total. The highest BCUT2D eigenvalue weighted by molar-refractivity contribution is 9.13. The molecular formula is C15H25Br2NO. The summed E-state index contributed by atoms with van der Waals surface area (Å²) >= 11 is 6.76. The van der Waals surface area contributed by atoms with Crippen LogP contribution < -0.4 is 5.32 Å². The van der Waals surface area contributed by atoms with Crippen molar-refractivity contribution in [3.63, 3.8) is 0 Å². The summed E-state index contributed by atoms with van der Waals surface area (Å²) in [7, 11) is 0. The Morgan fingerprint density at radius 1 is 1.00 bits per heavy atom. The van der Waals surface area contributed by atoms with Gasteiger partial charge in [-0.2, -0.15) is 0 Å². The molecule has 19 heavy (non-hydrogen) atoms. The van der Waals surface area contributed by atoms with Crippen molar-refractivity contribution in [1.82, 2.24) is 5.32 Å².